The molecule has 0 atom stereocenters. The van der Waals surface area contributed by atoms with Gasteiger partial charge in [0.15, 0.2) is 0 Å². The number of carbonyl (C=O) groups is 1. The Morgan fingerprint density at radius 1 is 1.27 bits per heavy atom. The van der Waals surface area contributed by atoms with E-state index in [4.69, 9.17) is 11.6 Å². The molecular weight excluding hydrogens is 324 g/mol. The number of hydrogen-bond donors (Lipinski definition) is 0. The molecular formula is C15H21ClN2O3S. The highest BCUT2D eigenvalue weighted by molar-refractivity contribution is 7.92. The maximum atomic E-state index is 12.3. The largest absolute Gasteiger partial charge is 0.341 e. The number of aryl methyl sites for hydroxylation is 2. The molecule has 1 aliphatic rings. The SMILES string of the molecule is Cc1cc(C)c(N(CC(=O)N2CCCC2)S(C)(=O)=O)c(Cl)c1. The molecule has 1 heterocycles. The van der Waals surface area contributed by atoms with Crippen LogP contribution < -0.4 is 4.31 Å². The highest BCUT2D eigenvalue weighted by atomic mass is 35.5. The molecule has 0 spiro atoms. The Hall–Kier alpha value is -1.27. The molecule has 5 nitrogen and oxygen atoms in total. The van der Waals surface area contributed by atoms with Crippen LogP contribution in [-0.4, -0.2) is 45.1 Å². The van der Waals surface area contributed by atoms with E-state index in [-0.39, 0.29) is 12.5 Å². The first-order valence-electron chi connectivity index (χ1n) is 7.22. The molecule has 0 aliphatic carbocycles. The Morgan fingerprint density at radius 3 is 2.36 bits per heavy atom. The third-order valence-electron chi connectivity index (χ3n) is 3.79. The monoisotopic (exact) mass is 344 g/mol. The predicted molar refractivity (Wildman–Crippen MR) is 88.9 cm³/mol. The summed E-state index contributed by atoms with van der Waals surface area (Å²) in [5.74, 6) is -0.182. The molecule has 1 aliphatic heterocycles. The van der Waals surface area contributed by atoms with E-state index in [0.717, 1.165) is 34.5 Å². The van der Waals surface area contributed by atoms with E-state index < -0.39 is 10.0 Å². The van der Waals surface area contributed by atoms with Crippen LogP contribution in [0.15, 0.2) is 12.1 Å². The summed E-state index contributed by atoms with van der Waals surface area (Å²) in [4.78, 5) is 14.0. The van der Waals surface area contributed by atoms with Crippen molar-refractivity contribution in [3.8, 4) is 0 Å². The van der Waals surface area contributed by atoms with Crippen LogP contribution >= 0.6 is 11.6 Å². The number of carbonyl (C=O) groups excluding carboxylic acids is 1. The second-order valence-electron chi connectivity index (χ2n) is 5.77. The van der Waals surface area contributed by atoms with Crippen molar-refractivity contribution in [3.63, 3.8) is 0 Å². The van der Waals surface area contributed by atoms with Gasteiger partial charge in [-0.15, -0.1) is 0 Å². The molecule has 2 rings (SSSR count). The van der Waals surface area contributed by atoms with E-state index in [9.17, 15) is 13.2 Å². The average molecular weight is 345 g/mol. The van der Waals surface area contributed by atoms with Gasteiger partial charge in [-0.2, -0.15) is 0 Å². The average Bonchev–Trinajstić information content (AvgIpc) is 2.88. The maximum Gasteiger partial charge on any atom is 0.243 e. The molecule has 0 N–H and O–H groups in total. The first-order chi connectivity index (χ1) is 10.2. The lowest BCUT2D eigenvalue weighted by atomic mass is 10.1. The van der Waals surface area contributed by atoms with E-state index in [2.05, 4.69) is 0 Å². The van der Waals surface area contributed by atoms with Crippen LogP contribution in [0.25, 0.3) is 0 Å². The molecule has 122 valence electrons. The molecule has 22 heavy (non-hydrogen) atoms. The van der Waals surface area contributed by atoms with Gasteiger partial charge in [-0.25, -0.2) is 8.42 Å². The third-order valence-corrected chi connectivity index (χ3v) is 5.19. The molecule has 1 fully saturated rings. The summed E-state index contributed by atoms with van der Waals surface area (Å²) in [6.07, 6.45) is 3.03. The van der Waals surface area contributed by atoms with Crippen LogP contribution in [0.4, 0.5) is 5.69 Å². The Bertz CT molecular complexity index is 659. The summed E-state index contributed by atoms with van der Waals surface area (Å²) >= 11 is 6.25. The minimum atomic E-state index is -3.60. The van der Waals surface area contributed by atoms with E-state index in [0.29, 0.717) is 23.8 Å². The fraction of sp³-hybridized carbons (Fsp3) is 0.533. The first-order valence-corrected chi connectivity index (χ1v) is 9.45. The molecule has 0 bridgehead atoms. The molecule has 0 unspecified atom stereocenters. The maximum absolute atomic E-state index is 12.3. The van der Waals surface area contributed by atoms with Crippen LogP contribution in [0.1, 0.15) is 24.0 Å². The van der Waals surface area contributed by atoms with Crippen LogP contribution in [0.2, 0.25) is 5.02 Å². The minimum Gasteiger partial charge on any atom is -0.341 e. The lowest BCUT2D eigenvalue weighted by Crippen LogP contribution is -2.42. The molecule has 0 saturated carbocycles. The van der Waals surface area contributed by atoms with Gasteiger partial charge >= 0.3 is 0 Å². The van der Waals surface area contributed by atoms with E-state index in [1.807, 2.05) is 13.0 Å². The summed E-state index contributed by atoms with van der Waals surface area (Å²) < 4.78 is 25.5. The van der Waals surface area contributed by atoms with Gasteiger partial charge in [-0.3, -0.25) is 9.10 Å². The number of amides is 1. The Kier molecular flexibility index (Phi) is 5.02. The summed E-state index contributed by atoms with van der Waals surface area (Å²) in [6.45, 7) is 4.87. The summed E-state index contributed by atoms with van der Waals surface area (Å²) in [7, 11) is -3.60. The normalized spacial score (nSPS) is 15.2. The Morgan fingerprint density at radius 2 is 1.86 bits per heavy atom. The van der Waals surface area contributed by atoms with Gasteiger partial charge in [0.1, 0.15) is 6.54 Å². The third kappa shape index (κ3) is 3.73. The zero-order valence-corrected chi connectivity index (χ0v) is 14.7. The number of sulfonamides is 1. The number of halogens is 1. The molecule has 1 saturated heterocycles. The highest BCUT2D eigenvalue weighted by Crippen LogP contribution is 2.32. The van der Waals surface area contributed by atoms with Gasteiger partial charge in [0.25, 0.3) is 0 Å². The van der Waals surface area contributed by atoms with Crippen molar-refractivity contribution >= 4 is 33.2 Å². The van der Waals surface area contributed by atoms with Gasteiger partial charge in [0.05, 0.1) is 17.0 Å². The zero-order chi connectivity index (χ0) is 16.5. The fourth-order valence-electron chi connectivity index (χ4n) is 2.78. The van der Waals surface area contributed by atoms with Crippen molar-refractivity contribution in [1.29, 1.82) is 0 Å². The highest BCUT2D eigenvalue weighted by Gasteiger charge is 2.28. The summed E-state index contributed by atoms with van der Waals surface area (Å²) in [5.41, 5.74) is 2.08. The summed E-state index contributed by atoms with van der Waals surface area (Å²) in [6, 6.07) is 3.57. The second-order valence-corrected chi connectivity index (χ2v) is 8.08. The first kappa shape index (κ1) is 17.1. The van der Waals surface area contributed by atoms with Crippen molar-refractivity contribution in [1.82, 2.24) is 4.90 Å². The molecule has 7 heteroatoms. The smallest absolute Gasteiger partial charge is 0.243 e. The standard InChI is InChI=1S/C15H21ClN2O3S/c1-11-8-12(2)15(13(16)9-11)18(22(3,20)21)10-14(19)17-6-4-5-7-17/h8-9H,4-7,10H2,1-3H3. The van der Waals surface area contributed by atoms with Crippen LogP contribution in [0.3, 0.4) is 0 Å². The zero-order valence-electron chi connectivity index (χ0n) is 13.1. The lowest BCUT2D eigenvalue weighted by molar-refractivity contribution is -0.128. The van der Waals surface area contributed by atoms with Crippen molar-refractivity contribution in [3.05, 3.63) is 28.3 Å². The van der Waals surface area contributed by atoms with Gasteiger partial charge in [-0.05, 0) is 43.9 Å². The molecule has 1 aromatic carbocycles. The summed E-state index contributed by atoms with van der Waals surface area (Å²) in [5, 5.41) is 0.345. The van der Waals surface area contributed by atoms with Crippen molar-refractivity contribution in [2.45, 2.75) is 26.7 Å². The second kappa shape index (κ2) is 6.46. The van der Waals surface area contributed by atoms with Crippen LogP contribution in [0.5, 0.6) is 0 Å². The number of rotatable bonds is 4. The van der Waals surface area contributed by atoms with Crippen molar-refractivity contribution < 1.29 is 13.2 Å². The number of anilines is 1. The fourth-order valence-corrected chi connectivity index (χ4v) is 4.17. The van der Waals surface area contributed by atoms with Gasteiger partial charge in [0, 0.05) is 13.1 Å². The number of hydrogen-bond acceptors (Lipinski definition) is 3. The Labute approximate surface area is 136 Å². The van der Waals surface area contributed by atoms with E-state index in [1.165, 1.54) is 0 Å². The number of likely N-dealkylation sites (tertiary alicyclic amines) is 1. The molecule has 0 radical (unpaired) electrons. The lowest BCUT2D eigenvalue weighted by Gasteiger charge is -2.27. The van der Waals surface area contributed by atoms with Crippen LogP contribution in [-0.2, 0) is 14.8 Å². The molecule has 1 aromatic rings. The van der Waals surface area contributed by atoms with Gasteiger partial charge in [0.2, 0.25) is 15.9 Å². The van der Waals surface area contributed by atoms with Crippen molar-refractivity contribution in [2.24, 2.45) is 0 Å². The van der Waals surface area contributed by atoms with E-state index in [1.54, 1.807) is 17.9 Å². The van der Waals surface area contributed by atoms with Crippen molar-refractivity contribution in [2.75, 3.05) is 30.2 Å². The predicted octanol–water partition coefficient (Wildman–Crippen LogP) is 2.35. The number of nitrogens with zero attached hydrogens (tertiary/aromatic N) is 2. The topological polar surface area (TPSA) is 57.7 Å². The van der Waals surface area contributed by atoms with Gasteiger partial charge in [-0.1, -0.05) is 17.7 Å². The molecule has 1 amide bonds. The van der Waals surface area contributed by atoms with Crippen LogP contribution in [0, 0.1) is 13.8 Å². The van der Waals surface area contributed by atoms with Gasteiger partial charge < -0.3 is 4.90 Å². The quantitative estimate of drug-likeness (QED) is 0.842. The Balaban J connectivity index is 2.37. The minimum absolute atomic E-state index is 0.182. The van der Waals surface area contributed by atoms with E-state index >= 15 is 0 Å². The molecule has 0 aromatic heterocycles. The number of benzene rings is 1.